The Morgan fingerprint density at radius 1 is 0.850 bits per heavy atom. The molecule has 3 N–H and O–H groups in total. The molecule has 0 heterocycles. The lowest BCUT2D eigenvalue weighted by atomic mass is 10.1. The van der Waals surface area contributed by atoms with E-state index in [2.05, 4.69) is 31.9 Å². The largest absolute Gasteiger partial charge is 0.325 e. The number of rotatable bonds is 9. The highest BCUT2D eigenvalue weighted by atomic mass is 79.9. The minimum Gasteiger partial charge on any atom is -0.325 e. The Morgan fingerprint density at radius 2 is 1.55 bits per heavy atom. The molecular weight excluding hydrogens is 610 g/mol. The molecule has 0 aliphatic carbocycles. The van der Waals surface area contributed by atoms with Gasteiger partial charge < -0.3 is 16.0 Å². The number of hydrogen-bond donors (Lipinski definition) is 3. The second-order valence-electron chi connectivity index (χ2n) is 8.66. The number of carbonyl (C=O) groups is 3. The molecule has 4 aromatic carbocycles. The highest BCUT2D eigenvalue weighted by Crippen LogP contribution is 2.25. The Balaban J connectivity index is 1.40. The summed E-state index contributed by atoms with van der Waals surface area (Å²) in [6.45, 7) is 1.85. The van der Waals surface area contributed by atoms with Crippen molar-refractivity contribution in [3.63, 3.8) is 0 Å². The van der Waals surface area contributed by atoms with Crippen molar-refractivity contribution in [1.82, 2.24) is 5.32 Å². The number of hydrogen-bond acceptors (Lipinski definition) is 4. The summed E-state index contributed by atoms with van der Waals surface area (Å²) in [6.07, 6.45) is 1.62. The SMILES string of the molecule is Cc1c(Cl)cccc1NC(=O)CSc1ccc(NC(=O)/C(=C/c2ccc(Br)cc2)NC(=O)c2ccccc2)cc1. The monoisotopic (exact) mass is 633 g/mol. The van der Waals surface area contributed by atoms with Gasteiger partial charge in [0.15, 0.2) is 0 Å². The van der Waals surface area contributed by atoms with Crippen LogP contribution in [0, 0.1) is 6.92 Å². The molecule has 3 amide bonds. The molecular formula is C31H25BrClN3O3S. The average molecular weight is 635 g/mol. The molecule has 4 aromatic rings. The van der Waals surface area contributed by atoms with E-state index in [0.29, 0.717) is 22.0 Å². The van der Waals surface area contributed by atoms with E-state index in [9.17, 15) is 14.4 Å². The van der Waals surface area contributed by atoms with Gasteiger partial charge in [-0.25, -0.2) is 0 Å². The minimum atomic E-state index is -0.469. The summed E-state index contributed by atoms with van der Waals surface area (Å²) in [4.78, 5) is 39.3. The van der Waals surface area contributed by atoms with Gasteiger partial charge in [0.2, 0.25) is 5.91 Å². The van der Waals surface area contributed by atoms with E-state index in [4.69, 9.17) is 11.6 Å². The van der Waals surface area contributed by atoms with Crippen LogP contribution < -0.4 is 16.0 Å². The molecule has 0 bridgehead atoms. The van der Waals surface area contributed by atoms with Gasteiger partial charge >= 0.3 is 0 Å². The molecule has 0 saturated heterocycles. The number of halogens is 2. The van der Waals surface area contributed by atoms with Crippen LogP contribution in [0.15, 0.2) is 112 Å². The Bertz CT molecular complexity index is 1540. The van der Waals surface area contributed by atoms with Gasteiger partial charge in [0.1, 0.15) is 5.70 Å². The summed E-state index contributed by atoms with van der Waals surface area (Å²) in [5.74, 6) is -0.797. The van der Waals surface area contributed by atoms with Gasteiger partial charge in [-0.3, -0.25) is 14.4 Å². The zero-order valence-electron chi connectivity index (χ0n) is 21.4. The Labute approximate surface area is 250 Å². The molecule has 0 atom stereocenters. The second kappa shape index (κ2) is 14.0. The maximum Gasteiger partial charge on any atom is 0.272 e. The van der Waals surface area contributed by atoms with Crippen LogP contribution in [0.2, 0.25) is 5.02 Å². The lowest BCUT2D eigenvalue weighted by Gasteiger charge is -2.12. The third kappa shape index (κ3) is 8.32. The third-order valence-corrected chi connectivity index (χ3v) is 7.68. The number of carbonyl (C=O) groups excluding carboxylic acids is 3. The van der Waals surface area contributed by atoms with Crippen molar-refractivity contribution >= 4 is 74.5 Å². The number of thioether (sulfide) groups is 1. The number of amides is 3. The van der Waals surface area contributed by atoms with Crippen LogP contribution in [0.5, 0.6) is 0 Å². The summed E-state index contributed by atoms with van der Waals surface area (Å²) < 4.78 is 0.902. The van der Waals surface area contributed by atoms with Crippen molar-refractivity contribution in [2.24, 2.45) is 0 Å². The van der Waals surface area contributed by atoms with Crippen LogP contribution in [0.4, 0.5) is 11.4 Å². The lowest BCUT2D eigenvalue weighted by molar-refractivity contribution is -0.114. The number of nitrogens with one attached hydrogen (secondary N) is 3. The van der Waals surface area contributed by atoms with Crippen LogP contribution in [-0.2, 0) is 9.59 Å². The summed E-state index contributed by atoms with van der Waals surface area (Å²) in [7, 11) is 0. The molecule has 0 saturated carbocycles. The van der Waals surface area contributed by atoms with Gasteiger partial charge in [0.25, 0.3) is 11.8 Å². The zero-order valence-corrected chi connectivity index (χ0v) is 24.6. The van der Waals surface area contributed by atoms with Crippen molar-refractivity contribution in [2.75, 3.05) is 16.4 Å². The topological polar surface area (TPSA) is 87.3 Å². The molecule has 202 valence electrons. The first-order valence-corrected chi connectivity index (χ1v) is 14.4. The predicted molar refractivity (Wildman–Crippen MR) is 167 cm³/mol. The Kier molecular flexibility index (Phi) is 10.2. The minimum absolute atomic E-state index is 0.0996. The first kappa shape index (κ1) is 29.1. The molecule has 0 aliphatic rings. The van der Waals surface area contributed by atoms with Gasteiger partial charge in [-0.1, -0.05) is 63.9 Å². The van der Waals surface area contributed by atoms with Crippen molar-refractivity contribution in [1.29, 1.82) is 0 Å². The molecule has 0 unspecified atom stereocenters. The summed E-state index contributed by atoms with van der Waals surface area (Å²) in [5.41, 5.74) is 3.33. The molecule has 0 aliphatic heterocycles. The van der Waals surface area contributed by atoms with Gasteiger partial charge in [0.05, 0.1) is 5.75 Å². The normalized spacial score (nSPS) is 11.0. The fraction of sp³-hybridized carbons (Fsp3) is 0.0645. The fourth-order valence-corrected chi connectivity index (χ4v) is 4.72. The quantitative estimate of drug-likeness (QED) is 0.131. The van der Waals surface area contributed by atoms with E-state index in [1.165, 1.54) is 11.8 Å². The molecule has 0 fully saturated rings. The molecule has 0 radical (unpaired) electrons. The van der Waals surface area contributed by atoms with Crippen molar-refractivity contribution < 1.29 is 14.4 Å². The highest BCUT2D eigenvalue weighted by Gasteiger charge is 2.15. The van der Waals surface area contributed by atoms with Crippen molar-refractivity contribution in [3.8, 4) is 0 Å². The number of benzene rings is 4. The molecule has 9 heteroatoms. The van der Waals surface area contributed by atoms with E-state index in [1.807, 2.05) is 55.5 Å². The third-order valence-electron chi connectivity index (χ3n) is 5.73. The Morgan fingerprint density at radius 3 is 2.25 bits per heavy atom. The summed E-state index contributed by atoms with van der Waals surface area (Å²) in [5, 5.41) is 9.04. The van der Waals surface area contributed by atoms with E-state index in [0.717, 1.165) is 20.5 Å². The maximum atomic E-state index is 13.2. The molecule has 4 rings (SSSR count). The van der Waals surface area contributed by atoms with Crippen molar-refractivity contribution in [2.45, 2.75) is 11.8 Å². The zero-order chi connectivity index (χ0) is 28.5. The predicted octanol–water partition coefficient (Wildman–Crippen LogP) is 7.55. The summed E-state index contributed by atoms with van der Waals surface area (Å²) >= 11 is 10.9. The van der Waals surface area contributed by atoms with E-state index >= 15 is 0 Å². The van der Waals surface area contributed by atoms with E-state index < -0.39 is 11.8 Å². The molecule has 0 aromatic heterocycles. The fourth-order valence-electron chi connectivity index (χ4n) is 3.58. The molecule has 40 heavy (non-hydrogen) atoms. The van der Waals surface area contributed by atoms with Crippen molar-refractivity contribution in [3.05, 3.63) is 129 Å². The van der Waals surface area contributed by atoms with Crippen LogP contribution in [-0.4, -0.2) is 23.5 Å². The van der Waals surface area contributed by atoms with Crippen LogP contribution >= 0.6 is 39.3 Å². The lowest BCUT2D eigenvalue weighted by Crippen LogP contribution is -2.30. The van der Waals surface area contributed by atoms with Crippen LogP contribution in [0.25, 0.3) is 6.08 Å². The van der Waals surface area contributed by atoms with E-state index in [1.54, 1.807) is 54.6 Å². The second-order valence-corrected chi connectivity index (χ2v) is 11.0. The van der Waals surface area contributed by atoms with Gasteiger partial charge in [-0.05, 0) is 84.8 Å². The summed E-state index contributed by atoms with van der Waals surface area (Å²) in [6, 6.07) is 28.6. The van der Waals surface area contributed by atoms with Crippen LogP contribution in [0.3, 0.4) is 0 Å². The smallest absolute Gasteiger partial charge is 0.272 e. The molecule has 6 nitrogen and oxygen atoms in total. The molecule has 0 spiro atoms. The van der Waals surface area contributed by atoms with Gasteiger partial charge in [0, 0.05) is 31.3 Å². The maximum absolute atomic E-state index is 13.2. The standard InChI is InChI=1S/C31H25BrClN3O3S/c1-20-26(33)8-5-9-27(20)35-29(37)19-40-25-16-14-24(15-17-25)34-31(39)28(18-21-10-12-23(32)13-11-21)36-30(38)22-6-3-2-4-7-22/h2-18H,19H2,1H3,(H,34,39)(H,35,37)(H,36,38)/b28-18-. The average Bonchev–Trinajstić information content (AvgIpc) is 2.96. The van der Waals surface area contributed by atoms with E-state index in [-0.39, 0.29) is 17.4 Å². The number of anilines is 2. The first-order chi connectivity index (χ1) is 19.3. The Hall–Kier alpha value is -3.85. The highest BCUT2D eigenvalue weighted by molar-refractivity contribution is 9.10. The van der Waals surface area contributed by atoms with Gasteiger partial charge in [-0.15, -0.1) is 11.8 Å². The first-order valence-electron chi connectivity index (χ1n) is 12.2. The van der Waals surface area contributed by atoms with Crippen LogP contribution in [0.1, 0.15) is 21.5 Å². The van der Waals surface area contributed by atoms with Gasteiger partial charge in [-0.2, -0.15) is 0 Å².